The second-order valence-corrected chi connectivity index (χ2v) is 7.24. The van der Waals surface area contributed by atoms with Gasteiger partial charge in [0.25, 0.3) is 0 Å². The second-order valence-electron chi connectivity index (χ2n) is 6.21. The number of guanidine groups is 1. The van der Waals surface area contributed by atoms with Gasteiger partial charge in [-0.3, -0.25) is 4.99 Å². The van der Waals surface area contributed by atoms with E-state index in [0.29, 0.717) is 12.6 Å². The van der Waals surface area contributed by atoms with Crippen LogP contribution in [0.2, 0.25) is 0 Å². The molecule has 7 heteroatoms. The molecule has 2 aromatic heterocycles. The standard InChI is InChI=1S/C19H26N4OS.HI/c1-20-19(21-11-10-17-7-4-12-25-17)23-14-15-8-9-18(22-13-15)24-16-5-2-3-6-16;/h4,7-9,12-13,16H,2-3,5-6,10-11,14H2,1H3,(H2,20,21,23);1H. The normalized spacial score (nSPS) is 14.7. The smallest absolute Gasteiger partial charge is 0.213 e. The molecule has 1 aliphatic rings. The highest BCUT2D eigenvalue weighted by Crippen LogP contribution is 2.22. The number of aliphatic imine (C=N–C) groups is 1. The van der Waals surface area contributed by atoms with Gasteiger partial charge in [0, 0.05) is 37.3 Å². The van der Waals surface area contributed by atoms with Crippen molar-refractivity contribution in [3.8, 4) is 5.88 Å². The Morgan fingerprint density at radius 1 is 1.27 bits per heavy atom. The Bertz CT molecular complexity index is 655. The van der Waals surface area contributed by atoms with E-state index in [1.165, 1.54) is 17.7 Å². The van der Waals surface area contributed by atoms with Gasteiger partial charge in [0.1, 0.15) is 6.10 Å². The van der Waals surface area contributed by atoms with Gasteiger partial charge >= 0.3 is 0 Å². The van der Waals surface area contributed by atoms with E-state index < -0.39 is 0 Å². The van der Waals surface area contributed by atoms with E-state index in [4.69, 9.17) is 4.74 Å². The van der Waals surface area contributed by atoms with Crippen molar-refractivity contribution in [2.45, 2.75) is 44.8 Å². The Balaban J connectivity index is 0.00000243. The molecular weight excluding hydrogens is 459 g/mol. The van der Waals surface area contributed by atoms with Gasteiger partial charge in [-0.1, -0.05) is 12.1 Å². The van der Waals surface area contributed by atoms with Gasteiger partial charge in [-0.2, -0.15) is 0 Å². The lowest BCUT2D eigenvalue weighted by Gasteiger charge is -2.13. The molecule has 0 aliphatic heterocycles. The summed E-state index contributed by atoms with van der Waals surface area (Å²) in [5.74, 6) is 1.54. The molecule has 2 heterocycles. The minimum absolute atomic E-state index is 0. The van der Waals surface area contributed by atoms with E-state index in [1.807, 2.05) is 12.3 Å². The molecule has 1 saturated carbocycles. The first-order valence-electron chi connectivity index (χ1n) is 8.92. The number of halogens is 1. The van der Waals surface area contributed by atoms with Crippen LogP contribution >= 0.6 is 35.3 Å². The van der Waals surface area contributed by atoms with Crippen molar-refractivity contribution in [1.82, 2.24) is 15.6 Å². The van der Waals surface area contributed by atoms with Crippen molar-refractivity contribution in [2.24, 2.45) is 4.99 Å². The zero-order chi connectivity index (χ0) is 17.3. The van der Waals surface area contributed by atoms with Crippen LogP contribution < -0.4 is 15.4 Å². The molecule has 0 atom stereocenters. The van der Waals surface area contributed by atoms with Gasteiger partial charge in [0.05, 0.1) is 0 Å². The molecule has 1 aliphatic carbocycles. The number of pyridine rings is 1. The Morgan fingerprint density at radius 3 is 2.77 bits per heavy atom. The Labute approximate surface area is 176 Å². The second kappa shape index (κ2) is 11.4. The maximum atomic E-state index is 5.90. The quantitative estimate of drug-likeness (QED) is 0.353. The van der Waals surface area contributed by atoms with Crippen molar-refractivity contribution in [1.29, 1.82) is 0 Å². The van der Waals surface area contributed by atoms with Gasteiger partial charge in [-0.25, -0.2) is 4.98 Å². The van der Waals surface area contributed by atoms with E-state index in [-0.39, 0.29) is 24.0 Å². The molecule has 0 bridgehead atoms. The zero-order valence-corrected chi connectivity index (χ0v) is 18.3. The maximum absolute atomic E-state index is 5.90. The predicted molar refractivity (Wildman–Crippen MR) is 119 cm³/mol. The van der Waals surface area contributed by atoms with Crippen LogP contribution in [0.3, 0.4) is 0 Å². The van der Waals surface area contributed by atoms with Crippen LogP contribution in [-0.2, 0) is 13.0 Å². The highest BCUT2D eigenvalue weighted by molar-refractivity contribution is 14.0. The summed E-state index contributed by atoms with van der Waals surface area (Å²) in [7, 11) is 1.79. The molecule has 0 amide bonds. The van der Waals surface area contributed by atoms with Crippen LogP contribution in [0.5, 0.6) is 5.88 Å². The van der Waals surface area contributed by atoms with E-state index in [2.05, 4.69) is 44.2 Å². The topological polar surface area (TPSA) is 58.5 Å². The predicted octanol–water partition coefficient (Wildman–Crippen LogP) is 3.99. The lowest BCUT2D eigenvalue weighted by Crippen LogP contribution is -2.37. The molecule has 0 unspecified atom stereocenters. The monoisotopic (exact) mass is 486 g/mol. The van der Waals surface area contributed by atoms with E-state index >= 15 is 0 Å². The molecule has 0 spiro atoms. The number of hydrogen-bond donors (Lipinski definition) is 2. The number of hydrogen-bond acceptors (Lipinski definition) is 4. The van der Waals surface area contributed by atoms with E-state index in [9.17, 15) is 0 Å². The first-order valence-corrected chi connectivity index (χ1v) is 9.80. The third kappa shape index (κ3) is 6.75. The van der Waals surface area contributed by atoms with Crippen LogP contribution in [0.1, 0.15) is 36.1 Å². The third-order valence-corrected chi connectivity index (χ3v) is 5.25. The molecule has 26 heavy (non-hydrogen) atoms. The Morgan fingerprint density at radius 2 is 2.12 bits per heavy atom. The molecule has 1 fully saturated rings. The van der Waals surface area contributed by atoms with E-state index in [1.54, 1.807) is 18.4 Å². The highest BCUT2D eigenvalue weighted by Gasteiger charge is 2.16. The SMILES string of the molecule is CN=C(NCCc1cccs1)NCc1ccc(OC2CCCC2)nc1.I. The summed E-state index contributed by atoms with van der Waals surface area (Å²) in [6.07, 6.45) is 8.07. The lowest BCUT2D eigenvalue weighted by atomic mass is 10.3. The average molecular weight is 486 g/mol. The summed E-state index contributed by atoms with van der Waals surface area (Å²) in [5, 5.41) is 8.76. The van der Waals surface area contributed by atoms with Crippen molar-refractivity contribution < 1.29 is 4.74 Å². The van der Waals surface area contributed by atoms with Crippen LogP contribution in [-0.4, -0.2) is 30.6 Å². The molecule has 142 valence electrons. The molecule has 0 radical (unpaired) electrons. The van der Waals surface area contributed by atoms with Crippen LogP contribution in [0.15, 0.2) is 40.8 Å². The number of nitrogens with one attached hydrogen (secondary N) is 2. The van der Waals surface area contributed by atoms with E-state index in [0.717, 1.165) is 43.2 Å². The van der Waals surface area contributed by atoms with Crippen molar-refractivity contribution in [3.05, 3.63) is 46.3 Å². The molecule has 5 nitrogen and oxygen atoms in total. The average Bonchev–Trinajstić information content (AvgIpc) is 3.33. The Kier molecular flexibility index (Phi) is 9.17. The minimum Gasteiger partial charge on any atom is -0.474 e. The van der Waals surface area contributed by atoms with Gasteiger partial charge in [-0.15, -0.1) is 35.3 Å². The number of nitrogens with zero attached hydrogens (tertiary/aromatic N) is 2. The van der Waals surface area contributed by atoms with Gasteiger partial charge in [0.2, 0.25) is 5.88 Å². The first-order chi connectivity index (χ1) is 12.3. The highest BCUT2D eigenvalue weighted by atomic mass is 127. The number of aromatic nitrogens is 1. The van der Waals surface area contributed by atoms with Crippen molar-refractivity contribution >= 4 is 41.3 Å². The van der Waals surface area contributed by atoms with Crippen molar-refractivity contribution in [3.63, 3.8) is 0 Å². The lowest BCUT2D eigenvalue weighted by molar-refractivity contribution is 0.201. The molecule has 0 saturated heterocycles. The van der Waals surface area contributed by atoms with Gasteiger partial charge in [-0.05, 0) is 49.1 Å². The number of thiophene rings is 1. The summed E-state index contributed by atoms with van der Waals surface area (Å²) in [6.45, 7) is 1.56. The largest absolute Gasteiger partial charge is 0.474 e. The Hall–Kier alpha value is -1.35. The summed E-state index contributed by atoms with van der Waals surface area (Å²) < 4.78 is 5.90. The summed E-state index contributed by atoms with van der Waals surface area (Å²) >= 11 is 1.78. The summed E-state index contributed by atoms with van der Waals surface area (Å²) in [6, 6.07) is 8.26. The summed E-state index contributed by atoms with van der Waals surface area (Å²) in [4.78, 5) is 10.1. The molecule has 2 N–H and O–H groups in total. The number of rotatable bonds is 7. The zero-order valence-electron chi connectivity index (χ0n) is 15.1. The molecule has 2 aromatic rings. The fourth-order valence-electron chi connectivity index (χ4n) is 2.93. The third-order valence-electron chi connectivity index (χ3n) is 4.31. The fourth-order valence-corrected chi connectivity index (χ4v) is 3.64. The summed E-state index contributed by atoms with van der Waals surface area (Å²) in [5.41, 5.74) is 1.11. The molecular formula is C19H27IN4OS. The molecule has 3 rings (SSSR count). The fraction of sp³-hybridized carbons (Fsp3) is 0.474. The number of ether oxygens (including phenoxy) is 1. The van der Waals surface area contributed by atoms with Crippen LogP contribution in [0.25, 0.3) is 0 Å². The minimum atomic E-state index is 0. The molecule has 0 aromatic carbocycles. The van der Waals surface area contributed by atoms with Crippen molar-refractivity contribution in [2.75, 3.05) is 13.6 Å². The van der Waals surface area contributed by atoms with Gasteiger partial charge < -0.3 is 15.4 Å². The first kappa shape index (κ1) is 21.0. The van der Waals surface area contributed by atoms with Crippen LogP contribution in [0, 0.1) is 0 Å². The maximum Gasteiger partial charge on any atom is 0.213 e. The van der Waals surface area contributed by atoms with Gasteiger partial charge in [0.15, 0.2) is 5.96 Å². The van der Waals surface area contributed by atoms with Crippen LogP contribution in [0.4, 0.5) is 0 Å².